The van der Waals surface area contributed by atoms with Crippen LogP contribution in [0.2, 0.25) is 0 Å². The largest absolute Gasteiger partial charge is 0.502 e. The van der Waals surface area contributed by atoms with Crippen molar-refractivity contribution in [1.29, 1.82) is 0 Å². The first-order valence-electron chi connectivity index (χ1n) is 10.4. The standard InChI is InChI=1S/C22H19F2N3O4/c23-14-2-1-10(7-15(14)24)9-26-6-4-12-16(20(26)30)18(28)21(31)27-17(12)19(29)25-22(27)5-3-11-8-13(11)22/h1-2,7,11,13,28H,3-6,8-9H2,(H,25,29). The lowest BCUT2D eigenvalue weighted by molar-refractivity contribution is 0.0721. The van der Waals surface area contributed by atoms with Crippen molar-refractivity contribution in [2.75, 3.05) is 6.54 Å². The maximum atomic E-state index is 13.6. The number of fused-ring (bicyclic) bond motifs is 6. The molecule has 0 bridgehead atoms. The first-order valence-corrected chi connectivity index (χ1v) is 10.4. The molecule has 2 aliphatic heterocycles. The Bertz CT molecular complexity index is 1260. The van der Waals surface area contributed by atoms with E-state index in [0.29, 0.717) is 23.5 Å². The average molecular weight is 427 g/mol. The molecule has 3 unspecified atom stereocenters. The number of aromatic hydroxyl groups is 1. The Hall–Kier alpha value is -3.23. The van der Waals surface area contributed by atoms with E-state index in [9.17, 15) is 28.3 Å². The van der Waals surface area contributed by atoms with E-state index in [4.69, 9.17) is 0 Å². The van der Waals surface area contributed by atoms with Gasteiger partial charge in [-0.05, 0) is 49.3 Å². The van der Waals surface area contributed by atoms with E-state index in [1.165, 1.54) is 15.5 Å². The Morgan fingerprint density at radius 1 is 1.19 bits per heavy atom. The first kappa shape index (κ1) is 18.5. The monoisotopic (exact) mass is 427 g/mol. The molecule has 7 nitrogen and oxygen atoms in total. The number of nitrogens with one attached hydrogen (secondary N) is 1. The molecule has 2 aliphatic carbocycles. The normalized spacial score (nSPS) is 27.9. The van der Waals surface area contributed by atoms with Crippen molar-refractivity contribution < 1.29 is 23.5 Å². The Labute approximate surface area is 175 Å². The topological polar surface area (TPSA) is 91.6 Å². The minimum absolute atomic E-state index is 0.00673. The summed E-state index contributed by atoms with van der Waals surface area (Å²) in [5.41, 5.74) is -0.763. The van der Waals surface area contributed by atoms with Gasteiger partial charge in [0, 0.05) is 24.6 Å². The predicted molar refractivity (Wildman–Crippen MR) is 103 cm³/mol. The van der Waals surface area contributed by atoms with E-state index >= 15 is 0 Å². The quantitative estimate of drug-likeness (QED) is 0.766. The first-order chi connectivity index (χ1) is 14.8. The summed E-state index contributed by atoms with van der Waals surface area (Å²) >= 11 is 0. The van der Waals surface area contributed by atoms with Gasteiger partial charge < -0.3 is 15.3 Å². The van der Waals surface area contributed by atoms with E-state index in [1.807, 2.05) is 0 Å². The van der Waals surface area contributed by atoms with Crippen LogP contribution in [0.3, 0.4) is 0 Å². The molecule has 2 fully saturated rings. The average Bonchev–Trinajstić information content (AvgIpc) is 3.37. The van der Waals surface area contributed by atoms with Crippen molar-refractivity contribution in [1.82, 2.24) is 14.8 Å². The van der Waals surface area contributed by atoms with E-state index < -0.39 is 34.5 Å². The van der Waals surface area contributed by atoms with Crippen LogP contribution in [0.1, 0.15) is 51.2 Å². The van der Waals surface area contributed by atoms with Gasteiger partial charge in [-0.25, -0.2) is 8.78 Å². The highest BCUT2D eigenvalue weighted by molar-refractivity contribution is 6.05. The van der Waals surface area contributed by atoms with Gasteiger partial charge in [0.1, 0.15) is 11.4 Å². The number of rotatable bonds is 2. The molecule has 2 aromatic rings. The third kappa shape index (κ3) is 2.34. The van der Waals surface area contributed by atoms with Crippen LogP contribution >= 0.6 is 0 Å². The van der Waals surface area contributed by atoms with Gasteiger partial charge in [0.05, 0.1) is 5.56 Å². The smallest absolute Gasteiger partial charge is 0.296 e. The summed E-state index contributed by atoms with van der Waals surface area (Å²) in [5.74, 6) is -2.99. The highest BCUT2D eigenvalue weighted by atomic mass is 19.2. The number of hydrogen-bond acceptors (Lipinski definition) is 4. The van der Waals surface area contributed by atoms with Crippen LogP contribution in [0.25, 0.3) is 0 Å². The van der Waals surface area contributed by atoms with Gasteiger partial charge in [0.2, 0.25) is 0 Å². The van der Waals surface area contributed by atoms with Crippen molar-refractivity contribution >= 4 is 11.8 Å². The lowest BCUT2D eigenvalue weighted by Crippen LogP contribution is -2.48. The molecular formula is C22H19F2N3O4. The minimum atomic E-state index is -1.02. The van der Waals surface area contributed by atoms with E-state index in [1.54, 1.807) is 0 Å². The fraction of sp³-hybridized carbons (Fsp3) is 0.409. The lowest BCUT2D eigenvalue weighted by atomic mass is 9.95. The van der Waals surface area contributed by atoms with Gasteiger partial charge in [-0.1, -0.05) is 6.07 Å². The second-order valence-corrected chi connectivity index (χ2v) is 8.94. The highest BCUT2D eigenvalue weighted by Gasteiger charge is 2.63. The number of carbonyl (C=O) groups excluding carboxylic acids is 2. The summed E-state index contributed by atoms with van der Waals surface area (Å²) in [6, 6.07) is 3.38. The number of aromatic nitrogens is 1. The van der Waals surface area contributed by atoms with Gasteiger partial charge in [0.25, 0.3) is 17.4 Å². The molecule has 2 N–H and O–H groups in total. The maximum absolute atomic E-state index is 13.6. The Kier molecular flexibility index (Phi) is 3.54. The maximum Gasteiger partial charge on any atom is 0.296 e. The zero-order valence-electron chi connectivity index (χ0n) is 16.5. The fourth-order valence-electron chi connectivity index (χ4n) is 5.81. The summed E-state index contributed by atoms with van der Waals surface area (Å²) in [5, 5.41) is 13.7. The predicted octanol–water partition coefficient (Wildman–Crippen LogP) is 1.86. The molecule has 6 rings (SSSR count). The second-order valence-electron chi connectivity index (χ2n) is 8.94. The molecule has 1 spiro atoms. The molecule has 3 heterocycles. The van der Waals surface area contributed by atoms with Crippen molar-refractivity contribution in [3.8, 4) is 5.75 Å². The molecule has 2 amide bonds. The molecule has 31 heavy (non-hydrogen) atoms. The number of amides is 2. The SMILES string of the molecule is O=C1NC2(CCC3CC32)n2c1c1c(c(O)c2=O)C(=O)N(Cc2ccc(F)c(F)c2)CC1. The zero-order chi connectivity index (χ0) is 21.7. The third-order valence-electron chi connectivity index (χ3n) is 7.32. The Balaban J connectivity index is 1.43. The summed E-state index contributed by atoms with van der Waals surface area (Å²) in [6.45, 7) is 0.217. The summed E-state index contributed by atoms with van der Waals surface area (Å²) in [4.78, 5) is 40.6. The second kappa shape index (κ2) is 5.93. The molecule has 0 radical (unpaired) electrons. The van der Waals surface area contributed by atoms with Crippen LogP contribution < -0.4 is 10.9 Å². The highest BCUT2D eigenvalue weighted by Crippen LogP contribution is 2.61. The van der Waals surface area contributed by atoms with E-state index in [0.717, 1.165) is 25.0 Å². The number of carbonyl (C=O) groups is 2. The molecule has 1 aromatic heterocycles. The number of hydrogen-bond donors (Lipinski definition) is 2. The molecule has 1 aromatic carbocycles. The van der Waals surface area contributed by atoms with E-state index in [2.05, 4.69) is 5.32 Å². The van der Waals surface area contributed by atoms with Gasteiger partial charge in [-0.15, -0.1) is 0 Å². The summed E-state index contributed by atoms with van der Waals surface area (Å²) in [6.07, 6.45) is 2.75. The zero-order valence-corrected chi connectivity index (χ0v) is 16.5. The minimum Gasteiger partial charge on any atom is -0.502 e. The lowest BCUT2D eigenvalue weighted by Gasteiger charge is -2.32. The van der Waals surface area contributed by atoms with Crippen LogP contribution in [0.15, 0.2) is 23.0 Å². The molecule has 3 atom stereocenters. The van der Waals surface area contributed by atoms with Gasteiger partial charge >= 0.3 is 0 Å². The number of halogens is 2. The van der Waals surface area contributed by atoms with Crippen LogP contribution in [0.5, 0.6) is 5.75 Å². The third-order valence-corrected chi connectivity index (χ3v) is 7.32. The molecular weight excluding hydrogens is 408 g/mol. The summed E-state index contributed by atoms with van der Waals surface area (Å²) in [7, 11) is 0. The van der Waals surface area contributed by atoms with Crippen LogP contribution in [-0.2, 0) is 18.6 Å². The van der Waals surface area contributed by atoms with Crippen LogP contribution in [-0.4, -0.2) is 32.9 Å². The number of nitrogens with zero attached hydrogens (tertiary/aromatic N) is 2. The van der Waals surface area contributed by atoms with Crippen molar-refractivity contribution in [2.24, 2.45) is 11.8 Å². The van der Waals surface area contributed by atoms with Crippen LogP contribution in [0, 0.1) is 23.5 Å². The Morgan fingerprint density at radius 2 is 2.00 bits per heavy atom. The number of pyridine rings is 1. The van der Waals surface area contributed by atoms with Gasteiger partial charge in [-0.2, -0.15) is 0 Å². The van der Waals surface area contributed by atoms with Crippen molar-refractivity contribution in [3.63, 3.8) is 0 Å². The molecule has 9 heteroatoms. The molecule has 0 saturated heterocycles. The van der Waals surface area contributed by atoms with Crippen molar-refractivity contribution in [3.05, 3.63) is 62.6 Å². The Morgan fingerprint density at radius 3 is 2.68 bits per heavy atom. The molecule has 2 saturated carbocycles. The summed E-state index contributed by atoms with van der Waals surface area (Å²) < 4.78 is 28.2. The fourth-order valence-corrected chi connectivity index (χ4v) is 5.81. The molecule has 4 aliphatic rings. The van der Waals surface area contributed by atoms with Gasteiger partial charge in [0.15, 0.2) is 17.4 Å². The van der Waals surface area contributed by atoms with E-state index in [-0.39, 0.29) is 42.6 Å². The van der Waals surface area contributed by atoms with Crippen LogP contribution in [0.4, 0.5) is 8.78 Å². The number of benzene rings is 1. The van der Waals surface area contributed by atoms with Gasteiger partial charge in [-0.3, -0.25) is 19.0 Å². The molecule has 160 valence electrons. The van der Waals surface area contributed by atoms with Crippen molar-refractivity contribution in [2.45, 2.75) is 37.9 Å².